The van der Waals surface area contributed by atoms with Gasteiger partial charge in [-0.2, -0.15) is 0 Å². The first kappa shape index (κ1) is 18.6. The van der Waals surface area contributed by atoms with Gasteiger partial charge in [0.25, 0.3) is 5.88 Å². The van der Waals surface area contributed by atoms with Crippen molar-refractivity contribution in [1.29, 1.82) is 0 Å². The summed E-state index contributed by atoms with van der Waals surface area (Å²) in [4.78, 5) is 23.5. The smallest absolute Gasteiger partial charge is 0.407 e. The minimum absolute atomic E-state index is 0.134. The highest BCUT2D eigenvalue weighted by Crippen LogP contribution is 2.31. The van der Waals surface area contributed by atoms with E-state index in [4.69, 9.17) is 18.7 Å². The third-order valence-corrected chi connectivity index (χ3v) is 3.20. The van der Waals surface area contributed by atoms with Crippen LogP contribution in [0.15, 0.2) is 16.7 Å². The number of benzene rings is 1. The minimum atomic E-state index is -0.569. The fourth-order valence-electron chi connectivity index (χ4n) is 2.14. The standard InChI is InChI=1S/C17H22N2O6/c1-10-6-7-11(15(20)22-5)12-13(10)25-19-14(12)23-9-8-18-16(21)24-17(2,3)4/h6-7H,8-9H2,1-5H3,(H,18,21). The van der Waals surface area contributed by atoms with Gasteiger partial charge < -0.3 is 24.1 Å². The van der Waals surface area contributed by atoms with E-state index < -0.39 is 17.7 Å². The predicted molar refractivity (Wildman–Crippen MR) is 89.8 cm³/mol. The Hall–Kier alpha value is -2.77. The van der Waals surface area contributed by atoms with Crippen LogP contribution < -0.4 is 10.1 Å². The molecule has 0 saturated heterocycles. The Morgan fingerprint density at radius 1 is 1.28 bits per heavy atom. The largest absolute Gasteiger partial charge is 0.473 e. The lowest BCUT2D eigenvalue weighted by atomic mass is 10.1. The van der Waals surface area contributed by atoms with Gasteiger partial charge in [0, 0.05) is 0 Å². The van der Waals surface area contributed by atoms with Gasteiger partial charge in [-0.3, -0.25) is 0 Å². The second-order valence-electron chi connectivity index (χ2n) is 6.39. The molecule has 0 radical (unpaired) electrons. The molecule has 1 aromatic carbocycles. The first-order valence-corrected chi connectivity index (χ1v) is 7.80. The molecule has 0 saturated carbocycles. The monoisotopic (exact) mass is 350 g/mol. The normalized spacial score (nSPS) is 11.2. The Kier molecular flexibility index (Phi) is 5.51. The number of carbonyl (C=O) groups is 2. The molecule has 0 unspecified atom stereocenters. The van der Waals surface area contributed by atoms with Gasteiger partial charge in [0.05, 0.1) is 19.2 Å². The molecule has 1 N–H and O–H groups in total. The highest BCUT2D eigenvalue weighted by Gasteiger charge is 2.21. The van der Waals surface area contributed by atoms with Gasteiger partial charge in [0.1, 0.15) is 17.6 Å². The van der Waals surface area contributed by atoms with E-state index in [1.54, 1.807) is 32.9 Å². The topological polar surface area (TPSA) is 99.9 Å². The van der Waals surface area contributed by atoms with Crippen LogP contribution in [0.25, 0.3) is 11.0 Å². The van der Waals surface area contributed by atoms with E-state index in [1.807, 2.05) is 6.92 Å². The molecule has 2 rings (SSSR count). The second kappa shape index (κ2) is 7.42. The van der Waals surface area contributed by atoms with Crippen LogP contribution in [0, 0.1) is 6.92 Å². The Morgan fingerprint density at radius 2 is 2.00 bits per heavy atom. The van der Waals surface area contributed by atoms with Crippen LogP contribution in [0.4, 0.5) is 4.79 Å². The average molecular weight is 350 g/mol. The molecule has 0 spiro atoms. The van der Waals surface area contributed by atoms with Gasteiger partial charge in [-0.05, 0) is 44.5 Å². The first-order chi connectivity index (χ1) is 11.7. The van der Waals surface area contributed by atoms with Crippen molar-refractivity contribution >= 4 is 23.0 Å². The molecule has 8 heteroatoms. The van der Waals surface area contributed by atoms with E-state index >= 15 is 0 Å². The summed E-state index contributed by atoms with van der Waals surface area (Å²) in [5.41, 5.74) is 1.01. The van der Waals surface area contributed by atoms with Crippen LogP contribution in [0.3, 0.4) is 0 Å². The van der Waals surface area contributed by atoms with Crippen LogP contribution in [0.1, 0.15) is 36.7 Å². The van der Waals surface area contributed by atoms with Crippen LogP contribution in [0.2, 0.25) is 0 Å². The molecule has 0 aliphatic carbocycles. The highest BCUT2D eigenvalue weighted by molar-refractivity contribution is 6.05. The van der Waals surface area contributed by atoms with E-state index in [1.165, 1.54) is 7.11 Å². The minimum Gasteiger partial charge on any atom is -0.473 e. The zero-order chi connectivity index (χ0) is 18.6. The number of nitrogens with zero attached hydrogens (tertiary/aromatic N) is 1. The lowest BCUT2D eigenvalue weighted by molar-refractivity contribution is 0.0519. The number of fused-ring (bicyclic) bond motifs is 1. The lowest BCUT2D eigenvalue weighted by Gasteiger charge is -2.19. The molecule has 2 aromatic rings. The van der Waals surface area contributed by atoms with Crippen LogP contribution in [0.5, 0.6) is 5.88 Å². The SMILES string of the molecule is COC(=O)c1ccc(C)c2onc(OCCNC(=O)OC(C)(C)C)c12. The molecule has 25 heavy (non-hydrogen) atoms. The summed E-state index contributed by atoms with van der Waals surface area (Å²) in [6.45, 7) is 7.52. The maximum absolute atomic E-state index is 11.9. The van der Waals surface area contributed by atoms with Gasteiger partial charge in [-0.1, -0.05) is 6.07 Å². The third kappa shape index (κ3) is 4.62. The molecule has 0 aliphatic rings. The van der Waals surface area contributed by atoms with Crippen LogP contribution in [-0.2, 0) is 9.47 Å². The second-order valence-corrected chi connectivity index (χ2v) is 6.39. The first-order valence-electron chi connectivity index (χ1n) is 7.80. The average Bonchev–Trinajstić information content (AvgIpc) is 2.94. The number of hydrogen-bond donors (Lipinski definition) is 1. The van der Waals surface area contributed by atoms with Gasteiger partial charge in [0.2, 0.25) is 0 Å². The number of carbonyl (C=O) groups excluding carboxylic acids is 2. The van der Waals surface area contributed by atoms with E-state index in [2.05, 4.69) is 10.5 Å². The highest BCUT2D eigenvalue weighted by atomic mass is 16.6. The number of hydrogen-bond acceptors (Lipinski definition) is 7. The summed E-state index contributed by atoms with van der Waals surface area (Å²) in [5, 5.41) is 6.88. The Bertz CT molecular complexity index is 775. The van der Waals surface area contributed by atoms with Crippen LogP contribution in [-0.4, -0.2) is 43.1 Å². The molecule has 0 atom stereocenters. The van der Waals surface area contributed by atoms with Crippen molar-refractivity contribution in [2.45, 2.75) is 33.3 Å². The molecular weight excluding hydrogens is 328 g/mol. The number of nitrogens with one attached hydrogen (secondary N) is 1. The molecule has 136 valence electrons. The molecular formula is C17H22N2O6. The zero-order valence-electron chi connectivity index (χ0n) is 15.0. The molecule has 1 heterocycles. The Balaban J connectivity index is 2.06. The summed E-state index contributed by atoms with van der Waals surface area (Å²) < 4.78 is 20.7. The van der Waals surface area contributed by atoms with Gasteiger partial charge in [-0.25, -0.2) is 9.59 Å². The van der Waals surface area contributed by atoms with Crippen LogP contribution >= 0.6 is 0 Å². The van der Waals surface area contributed by atoms with E-state index in [0.717, 1.165) is 5.56 Å². The van der Waals surface area contributed by atoms with Crippen molar-refractivity contribution in [3.05, 3.63) is 23.3 Å². The zero-order valence-corrected chi connectivity index (χ0v) is 15.0. The van der Waals surface area contributed by atoms with Crippen molar-refractivity contribution in [2.24, 2.45) is 0 Å². The van der Waals surface area contributed by atoms with Gasteiger partial charge >= 0.3 is 12.1 Å². The van der Waals surface area contributed by atoms with Crippen molar-refractivity contribution in [3.63, 3.8) is 0 Å². The summed E-state index contributed by atoms with van der Waals surface area (Å²) in [6.07, 6.45) is -0.535. The van der Waals surface area contributed by atoms with E-state index in [0.29, 0.717) is 16.5 Å². The maximum atomic E-state index is 11.9. The number of esters is 1. The van der Waals surface area contributed by atoms with Crippen molar-refractivity contribution in [2.75, 3.05) is 20.3 Å². The molecule has 1 aromatic heterocycles. The van der Waals surface area contributed by atoms with Gasteiger partial charge in [-0.15, -0.1) is 0 Å². The maximum Gasteiger partial charge on any atom is 0.407 e. The number of methoxy groups -OCH3 is 1. The Labute approximate surface area is 145 Å². The fraction of sp³-hybridized carbons (Fsp3) is 0.471. The summed E-state index contributed by atoms with van der Waals surface area (Å²) in [7, 11) is 1.30. The van der Waals surface area contributed by atoms with Gasteiger partial charge in [0.15, 0.2) is 5.58 Å². The number of aryl methyl sites for hydroxylation is 1. The Morgan fingerprint density at radius 3 is 2.64 bits per heavy atom. The molecule has 0 bridgehead atoms. The van der Waals surface area contributed by atoms with Crippen molar-refractivity contribution < 1.29 is 28.3 Å². The lowest BCUT2D eigenvalue weighted by Crippen LogP contribution is -2.34. The van der Waals surface area contributed by atoms with E-state index in [9.17, 15) is 9.59 Å². The predicted octanol–water partition coefficient (Wildman–Crippen LogP) is 2.83. The molecule has 0 fully saturated rings. The number of aromatic nitrogens is 1. The molecule has 8 nitrogen and oxygen atoms in total. The number of ether oxygens (including phenoxy) is 3. The number of alkyl carbamates (subject to hydrolysis) is 1. The van der Waals surface area contributed by atoms with E-state index in [-0.39, 0.29) is 19.0 Å². The number of rotatable bonds is 5. The van der Waals surface area contributed by atoms with Crippen molar-refractivity contribution in [1.82, 2.24) is 10.5 Å². The fourth-order valence-corrected chi connectivity index (χ4v) is 2.14. The molecule has 1 amide bonds. The summed E-state index contributed by atoms with van der Waals surface area (Å²) in [5.74, 6) is -0.338. The third-order valence-electron chi connectivity index (χ3n) is 3.20. The quantitative estimate of drug-likeness (QED) is 0.653. The summed E-state index contributed by atoms with van der Waals surface area (Å²) >= 11 is 0. The number of amides is 1. The molecule has 0 aliphatic heterocycles. The summed E-state index contributed by atoms with van der Waals surface area (Å²) in [6, 6.07) is 3.38. The van der Waals surface area contributed by atoms with Crippen molar-refractivity contribution in [3.8, 4) is 5.88 Å².